The molecule has 0 aliphatic heterocycles. The van der Waals surface area contributed by atoms with Gasteiger partial charge in [-0.2, -0.15) is 0 Å². The fourth-order valence-corrected chi connectivity index (χ4v) is 3.36. The lowest BCUT2D eigenvalue weighted by atomic mass is 10.1. The largest absolute Gasteiger partial charge is 0.371 e. The van der Waals surface area contributed by atoms with Gasteiger partial charge in [0, 0.05) is 17.5 Å². The summed E-state index contributed by atoms with van der Waals surface area (Å²) in [7, 11) is 0. The van der Waals surface area contributed by atoms with Crippen molar-refractivity contribution < 1.29 is 4.74 Å². The molecule has 20 heavy (non-hydrogen) atoms. The van der Waals surface area contributed by atoms with Crippen LogP contribution in [0.15, 0.2) is 41.8 Å². The monoisotopic (exact) mass is 289 g/mol. The summed E-state index contributed by atoms with van der Waals surface area (Å²) in [4.78, 5) is 1.26. The van der Waals surface area contributed by atoms with E-state index in [1.165, 1.54) is 16.0 Å². The number of thiophene rings is 1. The molecule has 0 aliphatic rings. The molecule has 0 saturated carbocycles. The minimum Gasteiger partial charge on any atom is -0.371 e. The standard InChI is InChI=1S/C17H23NOS/c1-13-10-12-20-17(13)16(14(2)18)19-11-6-9-15-7-4-3-5-8-15/h3-5,7-8,10,12,14,16H,6,9,11,18H2,1-2H3. The molecule has 0 saturated heterocycles. The van der Waals surface area contributed by atoms with E-state index in [0.29, 0.717) is 0 Å². The van der Waals surface area contributed by atoms with E-state index in [1.54, 1.807) is 11.3 Å². The zero-order chi connectivity index (χ0) is 14.4. The second-order valence-corrected chi connectivity index (χ2v) is 6.16. The van der Waals surface area contributed by atoms with Crippen molar-refractivity contribution in [1.82, 2.24) is 0 Å². The number of nitrogens with two attached hydrogens (primary N) is 1. The first-order chi connectivity index (χ1) is 9.68. The SMILES string of the molecule is Cc1ccsc1C(OCCCc1ccccc1)C(C)N. The van der Waals surface area contributed by atoms with Gasteiger partial charge in [-0.05, 0) is 49.3 Å². The Hall–Kier alpha value is -1.16. The summed E-state index contributed by atoms with van der Waals surface area (Å²) in [6, 6.07) is 12.7. The lowest BCUT2D eigenvalue weighted by Gasteiger charge is -2.21. The van der Waals surface area contributed by atoms with Gasteiger partial charge in [0.2, 0.25) is 0 Å². The maximum atomic E-state index is 6.07. The van der Waals surface area contributed by atoms with E-state index < -0.39 is 0 Å². The molecule has 0 spiro atoms. The highest BCUT2D eigenvalue weighted by atomic mass is 32.1. The lowest BCUT2D eigenvalue weighted by molar-refractivity contribution is 0.0390. The molecule has 108 valence electrons. The molecule has 0 aliphatic carbocycles. The average molecular weight is 289 g/mol. The van der Waals surface area contributed by atoms with Gasteiger partial charge in [-0.3, -0.25) is 0 Å². The Morgan fingerprint density at radius 2 is 1.95 bits per heavy atom. The first-order valence-electron chi connectivity index (χ1n) is 7.13. The van der Waals surface area contributed by atoms with E-state index in [2.05, 4.69) is 42.6 Å². The number of ether oxygens (including phenoxy) is 1. The van der Waals surface area contributed by atoms with E-state index in [4.69, 9.17) is 10.5 Å². The van der Waals surface area contributed by atoms with Gasteiger partial charge in [-0.15, -0.1) is 11.3 Å². The minimum atomic E-state index is 0.0177. The molecule has 2 unspecified atom stereocenters. The van der Waals surface area contributed by atoms with Gasteiger partial charge < -0.3 is 10.5 Å². The van der Waals surface area contributed by atoms with Gasteiger partial charge >= 0.3 is 0 Å². The van der Waals surface area contributed by atoms with Crippen molar-refractivity contribution in [1.29, 1.82) is 0 Å². The molecule has 0 radical (unpaired) electrons. The molecule has 2 N–H and O–H groups in total. The van der Waals surface area contributed by atoms with Gasteiger partial charge in [0.25, 0.3) is 0 Å². The maximum absolute atomic E-state index is 6.07. The molecule has 1 heterocycles. The smallest absolute Gasteiger partial charge is 0.107 e. The minimum absolute atomic E-state index is 0.0177. The van der Waals surface area contributed by atoms with E-state index >= 15 is 0 Å². The summed E-state index contributed by atoms with van der Waals surface area (Å²) in [5.41, 5.74) is 8.71. The third-order valence-corrected chi connectivity index (χ3v) is 4.47. The van der Waals surface area contributed by atoms with Gasteiger partial charge in [0.15, 0.2) is 0 Å². The molecular formula is C17H23NOS. The summed E-state index contributed by atoms with van der Waals surface area (Å²) in [6.45, 7) is 4.88. The highest BCUT2D eigenvalue weighted by molar-refractivity contribution is 7.10. The van der Waals surface area contributed by atoms with E-state index in [9.17, 15) is 0 Å². The Kier molecular flexibility index (Phi) is 5.77. The number of aryl methyl sites for hydroxylation is 2. The molecule has 0 bridgehead atoms. The summed E-state index contributed by atoms with van der Waals surface area (Å²) >= 11 is 1.74. The lowest BCUT2D eigenvalue weighted by Crippen LogP contribution is -2.27. The van der Waals surface area contributed by atoms with Crippen LogP contribution in [0.3, 0.4) is 0 Å². The van der Waals surface area contributed by atoms with Crippen LogP contribution in [0.1, 0.15) is 35.5 Å². The van der Waals surface area contributed by atoms with E-state index in [-0.39, 0.29) is 12.1 Å². The fourth-order valence-electron chi connectivity index (χ4n) is 2.27. The molecule has 2 rings (SSSR count). The number of hydrogen-bond donors (Lipinski definition) is 1. The van der Waals surface area contributed by atoms with Crippen LogP contribution in [0.2, 0.25) is 0 Å². The zero-order valence-electron chi connectivity index (χ0n) is 12.2. The van der Waals surface area contributed by atoms with Crippen molar-refractivity contribution in [2.75, 3.05) is 6.61 Å². The van der Waals surface area contributed by atoms with Crippen molar-refractivity contribution in [2.45, 2.75) is 38.8 Å². The van der Waals surface area contributed by atoms with Crippen LogP contribution in [-0.4, -0.2) is 12.6 Å². The van der Waals surface area contributed by atoms with Gasteiger partial charge in [0.1, 0.15) is 6.10 Å². The predicted octanol–water partition coefficient (Wildman–Crippen LogP) is 4.09. The highest BCUT2D eigenvalue weighted by Crippen LogP contribution is 2.28. The van der Waals surface area contributed by atoms with Crippen LogP contribution in [0, 0.1) is 6.92 Å². The van der Waals surface area contributed by atoms with E-state index in [0.717, 1.165) is 19.4 Å². The molecular weight excluding hydrogens is 266 g/mol. The summed E-state index contributed by atoms with van der Waals surface area (Å²) in [5.74, 6) is 0. The molecule has 1 aromatic heterocycles. The molecule has 0 fully saturated rings. The van der Waals surface area contributed by atoms with Crippen molar-refractivity contribution >= 4 is 11.3 Å². The second kappa shape index (κ2) is 7.58. The first-order valence-corrected chi connectivity index (χ1v) is 8.01. The summed E-state index contributed by atoms with van der Waals surface area (Å²) in [5, 5.41) is 2.10. The number of benzene rings is 1. The number of rotatable bonds is 7. The van der Waals surface area contributed by atoms with Crippen molar-refractivity contribution in [3.8, 4) is 0 Å². The normalized spacial score (nSPS) is 14.2. The second-order valence-electron chi connectivity index (χ2n) is 5.21. The molecule has 3 heteroatoms. The molecule has 2 atom stereocenters. The Bertz CT molecular complexity index is 507. The maximum Gasteiger partial charge on any atom is 0.107 e. The predicted molar refractivity (Wildman–Crippen MR) is 86.2 cm³/mol. The quantitative estimate of drug-likeness (QED) is 0.779. The summed E-state index contributed by atoms with van der Waals surface area (Å²) in [6.07, 6.45) is 2.10. The third kappa shape index (κ3) is 4.17. The van der Waals surface area contributed by atoms with Crippen molar-refractivity contribution in [3.05, 3.63) is 57.8 Å². The van der Waals surface area contributed by atoms with Crippen LogP contribution in [-0.2, 0) is 11.2 Å². The zero-order valence-corrected chi connectivity index (χ0v) is 13.0. The van der Waals surface area contributed by atoms with Crippen LogP contribution in [0.5, 0.6) is 0 Å². The molecule has 2 aromatic rings. The Balaban J connectivity index is 1.83. The van der Waals surface area contributed by atoms with Crippen molar-refractivity contribution in [2.24, 2.45) is 5.73 Å². The Morgan fingerprint density at radius 1 is 1.20 bits per heavy atom. The van der Waals surface area contributed by atoms with Crippen molar-refractivity contribution in [3.63, 3.8) is 0 Å². The molecule has 0 amide bonds. The van der Waals surface area contributed by atoms with Gasteiger partial charge in [-0.1, -0.05) is 30.3 Å². The Labute approximate surface area is 125 Å². The average Bonchev–Trinajstić information content (AvgIpc) is 2.85. The van der Waals surface area contributed by atoms with Crippen LogP contribution in [0.25, 0.3) is 0 Å². The van der Waals surface area contributed by atoms with Crippen LogP contribution in [0.4, 0.5) is 0 Å². The number of hydrogen-bond acceptors (Lipinski definition) is 3. The highest BCUT2D eigenvalue weighted by Gasteiger charge is 2.19. The van der Waals surface area contributed by atoms with Gasteiger partial charge in [-0.25, -0.2) is 0 Å². The van der Waals surface area contributed by atoms with Crippen LogP contribution < -0.4 is 5.73 Å². The van der Waals surface area contributed by atoms with Crippen LogP contribution >= 0.6 is 11.3 Å². The fraction of sp³-hybridized carbons (Fsp3) is 0.412. The summed E-state index contributed by atoms with van der Waals surface area (Å²) < 4.78 is 6.04. The Morgan fingerprint density at radius 3 is 2.55 bits per heavy atom. The first kappa shape index (κ1) is 15.2. The third-order valence-electron chi connectivity index (χ3n) is 3.39. The molecule has 1 aromatic carbocycles. The van der Waals surface area contributed by atoms with E-state index in [1.807, 2.05) is 13.0 Å². The van der Waals surface area contributed by atoms with Gasteiger partial charge in [0.05, 0.1) is 0 Å². The topological polar surface area (TPSA) is 35.2 Å². The molecule has 2 nitrogen and oxygen atoms in total.